The second-order valence-corrected chi connectivity index (χ2v) is 5.71. The molecular weight excluding hydrogens is 243 g/mol. The smallest absolute Gasteiger partial charge is 0.131 e. The Hall–Kier alpha value is -1.13. The normalized spacial score (nSPS) is 21.1. The van der Waals surface area contributed by atoms with E-state index in [1.807, 2.05) is 13.0 Å². The number of nitrogens with one attached hydrogen (secondary N) is 1. The third kappa shape index (κ3) is 2.74. The van der Waals surface area contributed by atoms with Crippen molar-refractivity contribution in [2.75, 3.05) is 26.7 Å². The maximum absolute atomic E-state index is 14.2. The van der Waals surface area contributed by atoms with Crippen molar-refractivity contribution in [3.63, 3.8) is 0 Å². The van der Waals surface area contributed by atoms with E-state index in [0.717, 1.165) is 19.6 Å². The van der Waals surface area contributed by atoms with Crippen molar-refractivity contribution in [2.45, 2.75) is 32.4 Å². The molecule has 1 saturated heterocycles. The molecule has 1 aromatic rings. The van der Waals surface area contributed by atoms with Crippen LogP contribution in [0.4, 0.5) is 4.39 Å². The van der Waals surface area contributed by atoms with E-state index in [1.165, 1.54) is 6.07 Å². The summed E-state index contributed by atoms with van der Waals surface area (Å²) in [6.45, 7) is 9.17. The van der Waals surface area contributed by atoms with E-state index in [4.69, 9.17) is 4.74 Å². The van der Waals surface area contributed by atoms with Gasteiger partial charge in [-0.15, -0.1) is 0 Å². The third-order valence-corrected chi connectivity index (χ3v) is 3.98. The molecule has 106 valence electrons. The first-order valence-corrected chi connectivity index (χ1v) is 6.77. The lowest BCUT2D eigenvalue weighted by Crippen LogP contribution is -2.58. The quantitative estimate of drug-likeness (QED) is 0.910. The summed E-state index contributed by atoms with van der Waals surface area (Å²) < 4.78 is 19.5. The minimum atomic E-state index is -0.193. The van der Waals surface area contributed by atoms with Crippen LogP contribution in [-0.4, -0.2) is 37.2 Å². The number of methoxy groups -OCH3 is 1. The van der Waals surface area contributed by atoms with Crippen molar-refractivity contribution in [3.8, 4) is 5.75 Å². The summed E-state index contributed by atoms with van der Waals surface area (Å²) in [5, 5.41) is 3.39. The van der Waals surface area contributed by atoms with Crippen molar-refractivity contribution in [2.24, 2.45) is 0 Å². The fraction of sp³-hybridized carbons (Fsp3) is 0.600. The molecule has 3 nitrogen and oxygen atoms in total. The van der Waals surface area contributed by atoms with Gasteiger partial charge < -0.3 is 10.1 Å². The van der Waals surface area contributed by atoms with Crippen LogP contribution in [0.2, 0.25) is 0 Å². The second-order valence-electron chi connectivity index (χ2n) is 5.71. The largest absolute Gasteiger partial charge is 0.496 e. The third-order valence-electron chi connectivity index (χ3n) is 3.98. The molecule has 1 aromatic carbocycles. The SMILES string of the molecule is COc1cccc(F)c1C(C)N1CCNCC1(C)C. The zero-order valence-corrected chi connectivity index (χ0v) is 12.2. The van der Waals surface area contributed by atoms with E-state index in [0.29, 0.717) is 11.3 Å². The number of hydrogen-bond donors (Lipinski definition) is 1. The van der Waals surface area contributed by atoms with Crippen molar-refractivity contribution in [1.82, 2.24) is 10.2 Å². The predicted molar refractivity (Wildman–Crippen MR) is 75.0 cm³/mol. The van der Waals surface area contributed by atoms with E-state index < -0.39 is 0 Å². The van der Waals surface area contributed by atoms with Crippen LogP contribution in [0.15, 0.2) is 18.2 Å². The van der Waals surface area contributed by atoms with Crippen LogP contribution in [0.3, 0.4) is 0 Å². The molecule has 1 fully saturated rings. The van der Waals surface area contributed by atoms with Gasteiger partial charge in [-0.25, -0.2) is 4.39 Å². The standard InChI is InChI=1S/C15H23FN2O/c1-11(18-9-8-17-10-15(18,2)3)14-12(16)6-5-7-13(14)19-4/h5-7,11,17H,8-10H2,1-4H3. The van der Waals surface area contributed by atoms with Crippen molar-refractivity contribution < 1.29 is 9.13 Å². The van der Waals surface area contributed by atoms with Crippen molar-refractivity contribution in [1.29, 1.82) is 0 Å². The predicted octanol–water partition coefficient (Wildman–Crippen LogP) is 2.58. The Kier molecular flexibility index (Phi) is 4.11. The molecule has 19 heavy (non-hydrogen) atoms. The molecular formula is C15H23FN2O. The molecule has 1 aliphatic heterocycles. The van der Waals surface area contributed by atoms with Gasteiger partial charge in [-0.05, 0) is 32.9 Å². The first kappa shape index (κ1) is 14.3. The number of ether oxygens (including phenoxy) is 1. The van der Waals surface area contributed by atoms with Crippen LogP contribution in [0.1, 0.15) is 32.4 Å². The highest BCUT2D eigenvalue weighted by Gasteiger charge is 2.35. The topological polar surface area (TPSA) is 24.5 Å². The molecule has 0 bridgehead atoms. The lowest BCUT2D eigenvalue weighted by molar-refractivity contribution is 0.0492. The molecule has 0 spiro atoms. The summed E-state index contributed by atoms with van der Waals surface area (Å²) in [5.74, 6) is 0.433. The Balaban J connectivity index is 2.35. The lowest BCUT2D eigenvalue weighted by Gasteiger charge is -2.46. The Morgan fingerprint density at radius 3 is 2.79 bits per heavy atom. The molecule has 1 atom stereocenters. The number of piperazine rings is 1. The van der Waals surface area contributed by atoms with E-state index in [9.17, 15) is 4.39 Å². The second kappa shape index (κ2) is 5.47. The van der Waals surface area contributed by atoms with Crippen LogP contribution >= 0.6 is 0 Å². The van der Waals surface area contributed by atoms with Crippen LogP contribution < -0.4 is 10.1 Å². The Bertz CT molecular complexity index is 448. The first-order valence-electron chi connectivity index (χ1n) is 6.77. The van der Waals surface area contributed by atoms with Gasteiger partial charge in [-0.1, -0.05) is 6.07 Å². The summed E-state index contributed by atoms with van der Waals surface area (Å²) in [6.07, 6.45) is 0. The van der Waals surface area contributed by atoms with Gasteiger partial charge in [0.1, 0.15) is 11.6 Å². The van der Waals surface area contributed by atoms with Crippen molar-refractivity contribution in [3.05, 3.63) is 29.6 Å². The average Bonchev–Trinajstić information content (AvgIpc) is 2.37. The Labute approximate surface area is 114 Å². The lowest BCUT2D eigenvalue weighted by atomic mass is 9.94. The van der Waals surface area contributed by atoms with E-state index >= 15 is 0 Å². The maximum atomic E-state index is 14.2. The van der Waals surface area contributed by atoms with Crippen LogP contribution in [-0.2, 0) is 0 Å². The molecule has 0 amide bonds. The molecule has 2 rings (SSSR count). The van der Waals surface area contributed by atoms with Gasteiger partial charge in [0.15, 0.2) is 0 Å². The molecule has 0 saturated carbocycles. The zero-order valence-electron chi connectivity index (χ0n) is 12.2. The Morgan fingerprint density at radius 1 is 1.42 bits per heavy atom. The highest BCUT2D eigenvalue weighted by molar-refractivity contribution is 5.37. The summed E-state index contributed by atoms with van der Waals surface area (Å²) in [6, 6.07) is 5.01. The van der Waals surface area contributed by atoms with Crippen LogP contribution in [0, 0.1) is 5.82 Å². The first-order chi connectivity index (χ1) is 8.97. The highest BCUT2D eigenvalue weighted by atomic mass is 19.1. The van der Waals surface area contributed by atoms with E-state index in [-0.39, 0.29) is 17.4 Å². The van der Waals surface area contributed by atoms with Gasteiger partial charge in [-0.2, -0.15) is 0 Å². The summed E-state index contributed by atoms with van der Waals surface area (Å²) in [5.41, 5.74) is 0.658. The molecule has 0 aliphatic carbocycles. The summed E-state index contributed by atoms with van der Waals surface area (Å²) in [4.78, 5) is 2.34. The number of nitrogens with zero attached hydrogens (tertiary/aromatic N) is 1. The molecule has 4 heteroatoms. The van der Waals surface area contributed by atoms with E-state index in [1.54, 1.807) is 13.2 Å². The van der Waals surface area contributed by atoms with Gasteiger partial charge in [0.25, 0.3) is 0 Å². The molecule has 1 aliphatic rings. The molecule has 0 aromatic heterocycles. The van der Waals surface area contributed by atoms with E-state index in [2.05, 4.69) is 24.1 Å². The fourth-order valence-electron chi connectivity index (χ4n) is 2.97. The maximum Gasteiger partial charge on any atom is 0.131 e. The molecule has 0 radical (unpaired) electrons. The molecule has 1 unspecified atom stereocenters. The summed E-state index contributed by atoms with van der Waals surface area (Å²) >= 11 is 0. The fourth-order valence-corrected chi connectivity index (χ4v) is 2.97. The Morgan fingerprint density at radius 2 is 2.16 bits per heavy atom. The number of benzene rings is 1. The van der Waals surface area contributed by atoms with Crippen molar-refractivity contribution >= 4 is 0 Å². The number of halogens is 1. The highest BCUT2D eigenvalue weighted by Crippen LogP contribution is 2.35. The van der Waals surface area contributed by atoms with Gasteiger partial charge >= 0.3 is 0 Å². The van der Waals surface area contributed by atoms with Gasteiger partial charge in [-0.3, -0.25) is 4.90 Å². The minimum Gasteiger partial charge on any atom is -0.496 e. The van der Waals surface area contributed by atoms with Gasteiger partial charge in [0.2, 0.25) is 0 Å². The number of rotatable bonds is 3. The summed E-state index contributed by atoms with van der Waals surface area (Å²) in [7, 11) is 1.59. The number of hydrogen-bond acceptors (Lipinski definition) is 3. The minimum absolute atomic E-state index is 0.00492. The van der Waals surface area contributed by atoms with Crippen LogP contribution in [0.25, 0.3) is 0 Å². The molecule has 1 N–H and O–H groups in total. The molecule has 1 heterocycles. The van der Waals surface area contributed by atoms with Crippen LogP contribution in [0.5, 0.6) is 5.75 Å². The van der Waals surface area contributed by atoms with Gasteiger partial charge in [0.05, 0.1) is 7.11 Å². The van der Waals surface area contributed by atoms with Gasteiger partial charge in [0, 0.05) is 36.8 Å². The average molecular weight is 266 g/mol. The zero-order chi connectivity index (χ0) is 14.0. The monoisotopic (exact) mass is 266 g/mol.